The predicted molar refractivity (Wildman–Crippen MR) is 161 cm³/mol. The molecule has 0 saturated heterocycles. The Morgan fingerprint density at radius 1 is 0.886 bits per heavy atom. The monoisotopic (exact) mass is 595 g/mol. The van der Waals surface area contributed by atoms with Crippen LogP contribution in [-0.2, 0) is 17.5 Å². The number of anilines is 1. The first-order chi connectivity index (χ1) is 21.2. The Hall–Kier alpha value is -5.51. The first-order valence-corrected chi connectivity index (χ1v) is 13.7. The minimum absolute atomic E-state index is 0.103. The Morgan fingerprint density at radius 2 is 1.59 bits per heavy atom. The molecule has 0 radical (unpaired) electrons. The van der Waals surface area contributed by atoms with E-state index < -0.39 is 11.7 Å². The molecule has 0 fully saturated rings. The number of benzene rings is 4. The molecule has 0 aliphatic carbocycles. The third-order valence-electron chi connectivity index (χ3n) is 7.27. The van der Waals surface area contributed by atoms with E-state index in [-0.39, 0.29) is 42.8 Å². The summed E-state index contributed by atoms with van der Waals surface area (Å²) >= 11 is 0. The molecule has 44 heavy (non-hydrogen) atoms. The van der Waals surface area contributed by atoms with Crippen LogP contribution in [0.2, 0.25) is 0 Å². The quantitative estimate of drug-likeness (QED) is 0.203. The number of nitrogens with zero attached hydrogens (tertiary/aromatic N) is 3. The number of hydrogen-bond acceptors (Lipinski definition) is 5. The normalized spacial score (nSPS) is 13.2. The number of carbonyl (C=O) groups excluding carboxylic acids is 2. The number of Topliss-reactive ketones (excluding diaryl/α,β-unsaturated/α-hetero) is 1. The zero-order valence-corrected chi connectivity index (χ0v) is 23.1. The van der Waals surface area contributed by atoms with Gasteiger partial charge in [-0.25, -0.2) is 4.98 Å². The molecule has 0 spiro atoms. The van der Waals surface area contributed by atoms with Gasteiger partial charge in [-0.2, -0.15) is 13.2 Å². The second-order valence-corrected chi connectivity index (χ2v) is 10.1. The number of para-hydroxylation sites is 3. The summed E-state index contributed by atoms with van der Waals surface area (Å²) in [6.45, 7) is -0.157. The predicted octanol–water partition coefficient (Wildman–Crippen LogP) is 6.40. The molecule has 1 aliphatic rings. The molecule has 0 bridgehead atoms. The van der Waals surface area contributed by atoms with Gasteiger partial charge in [-0.3, -0.25) is 23.9 Å². The van der Waals surface area contributed by atoms with Crippen molar-refractivity contribution < 1.29 is 27.5 Å². The number of hydrogen-bond donors (Lipinski definition) is 0. The Labute approximate surface area is 249 Å². The fraction of sp³-hybridized carbons (Fsp3) is 0.118. The van der Waals surface area contributed by atoms with Crippen LogP contribution in [0.25, 0.3) is 28.4 Å². The van der Waals surface area contributed by atoms with E-state index in [9.17, 15) is 27.6 Å². The van der Waals surface area contributed by atoms with Gasteiger partial charge >= 0.3 is 6.18 Å². The van der Waals surface area contributed by atoms with Crippen LogP contribution in [0.5, 0.6) is 5.75 Å². The third kappa shape index (κ3) is 5.74. The van der Waals surface area contributed by atoms with Crippen LogP contribution in [-0.4, -0.2) is 34.4 Å². The number of halogens is 3. The molecule has 0 saturated carbocycles. The molecule has 1 amide bonds. The molecule has 4 aromatic carbocycles. The lowest BCUT2D eigenvalue weighted by Gasteiger charge is -2.28. The third-order valence-corrected chi connectivity index (χ3v) is 7.27. The average Bonchev–Trinajstić information content (AvgIpc) is 3.03. The SMILES string of the molecule is O=C(CN1C(=O)COc2ccccc21)c1ccc(/C=C/Cn2c(-c3ccc(C(F)(F)F)cc3)nc3ccccc3c2=O)cc1. The van der Waals surface area contributed by atoms with Crippen molar-refractivity contribution in [3.63, 3.8) is 0 Å². The van der Waals surface area contributed by atoms with E-state index in [4.69, 9.17) is 4.74 Å². The first kappa shape index (κ1) is 28.6. The van der Waals surface area contributed by atoms with Crippen LogP contribution >= 0.6 is 0 Å². The molecule has 0 atom stereocenters. The van der Waals surface area contributed by atoms with Crippen molar-refractivity contribution in [2.45, 2.75) is 12.7 Å². The Kier molecular flexibility index (Phi) is 7.57. The second-order valence-electron chi connectivity index (χ2n) is 10.1. The maximum absolute atomic E-state index is 13.4. The van der Waals surface area contributed by atoms with Crippen molar-refractivity contribution in [2.24, 2.45) is 0 Å². The van der Waals surface area contributed by atoms with Crippen LogP contribution in [0, 0.1) is 0 Å². The van der Waals surface area contributed by atoms with E-state index in [1.165, 1.54) is 21.6 Å². The number of alkyl halides is 3. The highest BCUT2D eigenvalue weighted by molar-refractivity contribution is 6.07. The Balaban J connectivity index is 1.22. The van der Waals surface area contributed by atoms with Crippen molar-refractivity contribution in [2.75, 3.05) is 18.1 Å². The fourth-order valence-electron chi connectivity index (χ4n) is 5.00. The maximum atomic E-state index is 13.4. The van der Waals surface area contributed by atoms with E-state index in [1.807, 2.05) is 0 Å². The van der Waals surface area contributed by atoms with Gasteiger partial charge in [0.25, 0.3) is 11.5 Å². The van der Waals surface area contributed by atoms with Gasteiger partial charge in [0.05, 0.1) is 28.7 Å². The Bertz CT molecular complexity index is 1960. The zero-order valence-electron chi connectivity index (χ0n) is 23.1. The topological polar surface area (TPSA) is 81.5 Å². The minimum atomic E-state index is -4.48. The number of carbonyl (C=O) groups is 2. The molecule has 1 aromatic heterocycles. The number of allylic oxidation sites excluding steroid dienone is 1. The van der Waals surface area contributed by atoms with Gasteiger partial charge in [-0.15, -0.1) is 0 Å². The summed E-state index contributed by atoms with van der Waals surface area (Å²) < 4.78 is 46.2. The molecule has 5 aromatic rings. The van der Waals surface area contributed by atoms with Crippen LogP contribution < -0.4 is 15.2 Å². The van der Waals surface area contributed by atoms with Crippen LogP contribution in [0.1, 0.15) is 21.5 Å². The van der Waals surface area contributed by atoms with Crippen molar-refractivity contribution >= 4 is 34.4 Å². The number of rotatable bonds is 7. The highest BCUT2D eigenvalue weighted by Gasteiger charge is 2.30. The van der Waals surface area contributed by atoms with E-state index in [0.717, 1.165) is 17.7 Å². The fourth-order valence-corrected chi connectivity index (χ4v) is 5.00. The van der Waals surface area contributed by atoms with E-state index in [2.05, 4.69) is 4.98 Å². The highest BCUT2D eigenvalue weighted by atomic mass is 19.4. The molecule has 7 nitrogen and oxygen atoms in total. The number of fused-ring (bicyclic) bond motifs is 2. The summed E-state index contributed by atoms with van der Waals surface area (Å²) in [5, 5.41) is 0.390. The Morgan fingerprint density at radius 3 is 2.34 bits per heavy atom. The molecule has 1 aliphatic heterocycles. The van der Waals surface area contributed by atoms with Gasteiger partial charge in [0.15, 0.2) is 12.4 Å². The largest absolute Gasteiger partial charge is 0.482 e. The number of amides is 1. The minimum Gasteiger partial charge on any atom is -0.482 e. The molecule has 0 unspecified atom stereocenters. The molecule has 220 valence electrons. The molecular formula is C34H24F3N3O4. The summed E-state index contributed by atoms with van der Waals surface area (Å²) in [5.41, 5.74) is 1.43. The van der Waals surface area contributed by atoms with Gasteiger partial charge in [0.1, 0.15) is 11.6 Å². The van der Waals surface area contributed by atoms with Gasteiger partial charge in [-0.1, -0.05) is 72.8 Å². The molecule has 2 heterocycles. The van der Waals surface area contributed by atoms with Gasteiger partial charge in [-0.05, 0) is 42.0 Å². The first-order valence-electron chi connectivity index (χ1n) is 13.7. The summed E-state index contributed by atoms with van der Waals surface area (Å²) in [6, 6.07) is 25.2. The standard InChI is InChI=1S/C34H24F3N3O4/c35-34(36,37)25-17-15-24(16-18-25)32-38-27-8-2-1-7-26(27)33(43)39(32)19-5-6-22-11-13-23(14-12-22)29(41)20-40-28-9-3-4-10-30(28)44-21-31(40)42/h1-18H,19-21H2/b6-5+. The second kappa shape index (κ2) is 11.6. The van der Waals surface area contributed by atoms with Crippen molar-refractivity contribution in [1.29, 1.82) is 0 Å². The van der Waals surface area contributed by atoms with Crippen molar-refractivity contribution in [3.8, 4) is 17.1 Å². The lowest BCUT2D eigenvalue weighted by molar-refractivity contribution is -0.137. The summed E-state index contributed by atoms with van der Waals surface area (Å²) in [4.78, 5) is 44.9. The van der Waals surface area contributed by atoms with E-state index >= 15 is 0 Å². The summed E-state index contributed by atoms with van der Waals surface area (Å²) in [6.07, 6.45) is -0.969. The smallest absolute Gasteiger partial charge is 0.416 e. The number of ketones is 1. The van der Waals surface area contributed by atoms with Crippen molar-refractivity contribution in [1.82, 2.24) is 9.55 Å². The lowest BCUT2D eigenvalue weighted by Crippen LogP contribution is -2.41. The molecule has 6 rings (SSSR count). The number of aromatic nitrogens is 2. The van der Waals surface area contributed by atoms with Crippen LogP contribution in [0.3, 0.4) is 0 Å². The summed E-state index contributed by atoms with van der Waals surface area (Å²) in [5.74, 6) is 0.251. The summed E-state index contributed by atoms with van der Waals surface area (Å²) in [7, 11) is 0. The van der Waals surface area contributed by atoms with Crippen LogP contribution in [0.4, 0.5) is 18.9 Å². The van der Waals surface area contributed by atoms with Gasteiger partial charge in [0, 0.05) is 17.7 Å². The van der Waals surface area contributed by atoms with E-state index in [0.29, 0.717) is 33.5 Å². The molecular weight excluding hydrogens is 571 g/mol. The van der Waals surface area contributed by atoms with Gasteiger partial charge < -0.3 is 4.74 Å². The van der Waals surface area contributed by atoms with E-state index in [1.54, 1.807) is 84.9 Å². The maximum Gasteiger partial charge on any atom is 0.416 e. The molecule has 10 heteroatoms. The van der Waals surface area contributed by atoms with Crippen LogP contribution in [0.15, 0.2) is 108 Å². The number of ether oxygens (including phenoxy) is 1. The highest BCUT2D eigenvalue weighted by Crippen LogP contribution is 2.32. The van der Waals surface area contributed by atoms with Crippen molar-refractivity contribution in [3.05, 3.63) is 130 Å². The zero-order chi connectivity index (χ0) is 30.8. The molecule has 0 N–H and O–H groups in total. The van der Waals surface area contributed by atoms with Gasteiger partial charge in [0.2, 0.25) is 0 Å². The lowest BCUT2D eigenvalue weighted by atomic mass is 10.1. The average molecular weight is 596 g/mol.